The van der Waals surface area contributed by atoms with Crippen LogP contribution in [0.4, 0.5) is 15.9 Å². The van der Waals surface area contributed by atoms with Gasteiger partial charge < -0.3 is 24.9 Å². The van der Waals surface area contributed by atoms with Gasteiger partial charge in [-0.25, -0.2) is 9.37 Å². The summed E-state index contributed by atoms with van der Waals surface area (Å²) in [5.41, 5.74) is 9.47. The number of hydrogen-bond donors (Lipinski definition) is 1. The number of hydroxylamine groups is 1. The zero-order valence-corrected chi connectivity index (χ0v) is 36.0. The predicted octanol–water partition coefficient (Wildman–Crippen LogP) is 9.13. The maximum atomic E-state index is 15.2. The molecule has 0 spiro atoms. The van der Waals surface area contributed by atoms with Gasteiger partial charge >= 0.3 is 5.91 Å². The lowest BCUT2D eigenvalue weighted by Gasteiger charge is -2.39. The number of amides is 1. The third-order valence-corrected chi connectivity index (χ3v) is 13.5. The van der Waals surface area contributed by atoms with Gasteiger partial charge in [-0.2, -0.15) is 8.42 Å². The van der Waals surface area contributed by atoms with Gasteiger partial charge in [0.15, 0.2) is 5.75 Å². The van der Waals surface area contributed by atoms with Gasteiger partial charge in [-0.15, -0.1) is 0 Å². The van der Waals surface area contributed by atoms with Crippen LogP contribution in [0.5, 0.6) is 11.5 Å². The number of alkyl halides is 1. The molecular formula is C43H47Cl3FN5O6S. The number of nitrogen functional groups attached to an aromatic ring is 1. The molecule has 3 heterocycles. The van der Waals surface area contributed by atoms with Gasteiger partial charge in [0.25, 0.3) is 10.0 Å². The molecule has 2 saturated heterocycles. The number of nitrogens with zero attached hydrogens (tertiary/aromatic N) is 4. The quantitative estimate of drug-likeness (QED) is 0.138. The first-order valence-corrected chi connectivity index (χ1v) is 22.1. The SMILES string of the molecule is CC1(C)CCC(CN2CCN(c3ccc(C(=O)N(Oc4cnc(N)c(Cl)c4)S(=O)(=O)c4ccc(OCC5(F)CCOCC5)c(Cl)c4)cc3)CC2)=C(c2ccc(Cl)cc2)C1. The van der Waals surface area contributed by atoms with E-state index in [2.05, 4.69) is 40.8 Å². The highest BCUT2D eigenvalue weighted by atomic mass is 35.5. The molecule has 1 aliphatic carbocycles. The first-order valence-electron chi connectivity index (χ1n) is 19.5. The summed E-state index contributed by atoms with van der Waals surface area (Å²) in [5.74, 6) is -1.06. The smallest absolute Gasteiger partial charge is 0.302 e. The number of rotatable bonds is 12. The number of sulfonamides is 1. The molecule has 314 valence electrons. The van der Waals surface area contributed by atoms with Gasteiger partial charge in [0.1, 0.15) is 23.8 Å². The molecule has 2 N–H and O–H groups in total. The minimum absolute atomic E-state index is 0.00198. The van der Waals surface area contributed by atoms with E-state index in [0.29, 0.717) is 0 Å². The maximum absolute atomic E-state index is 15.2. The second-order valence-electron chi connectivity index (χ2n) is 16.1. The molecule has 4 aromatic rings. The molecule has 1 aromatic heterocycles. The van der Waals surface area contributed by atoms with Crippen LogP contribution >= 0.6 is 34.8 Å². The molecule has 0 saturated carbocycles. The van der Waals surface area contributed by atoms with Crippen molar-refractivity contribution in [3.63, 3.8) is 0 Å². The van der Waals surface area contributed by atoms with Crippen molar-refractivity contribution in [1.29, 1.82) is 0 Å². The van der Waals surface area contributed by atoms with E-state index in [1.54, 1.807) is 24.3 Å². The molecule has 0 unspecified atom stereocenters. The lowest BCUT2D eigenvalue weighted by molar-refractivity contribution is -0.0323. The topological polar surface area (TPSA) is 128 Å². The fraction of sp³-hybridized carbons (Fsp3) is 0.395. The van der Waals surface area contributed by atoms with Gasteiger partial charge in [0.2, 0.25) is 0 Å². The van der Waals surface area contributed by atoms with Crippen LogP contribution < -0.4 is 20.2 Å². The first-order chi connectivity index (χ1) is 28.1. The second kappa shape index (κ2) is 17.9. The lowest BCUT2D eigenvalue weighted by atomic mass is 9.72. The van der Waals surface area contributed by atoms with Crippen molar-refractivity contribution in [2.75, 3.05) is 63.2 Å². The third-order valence-electron chi connectivity index (χ3n) is 11.1. The number of hydrogen-bond acceptors (Lipinski definition) is 10. The lowest BCUT2D eigenvalue weighted by Crippen LogP contribution is -2.47. The maximum Gasteiger partial charge on any atom is 0.302 e. The summed E-state index contributed by atoms with van der Waals surface area (Å²) < 4.78 is 54.6. The van der Waals surface area contributed by atoms with Crippen molar-refractivity contribution in [2.24, 2.45) is 5.41 Å². The number of ether oxygens (including phenoxy) is 2. The summed E-state index contributed by atoms with van der Waals surface area (Å²) >= 11 is 18.8. The Bertz CT molecular complexity index is 2300. The number of anilines is 2. The van der Waals surface area contributed by atoms with Crippen molar-refractivity contribution in [3.8, 4) is 11.5 Å². The number of carbonyl (C=O) groups excluding carboxylic acids is 1. The van der Waals surface area contributed by atoms with Gasteiger partial charge in [-0.1, -0.05) is 70.8 Å². The molecule has 7 rings (SSSR count). The van der Waals surface area contributed by atoms with Crippen LogP contribution in [0.3, 0.4) is 0 Å². The summed E-state index contributed by atoms with van der Waals surface area (Å²) in [6.45, 7) is 9.10. The minimum Gasteiger partial charge on any atom is -0.489 e. The number of pyridine rings is 1. The molecule has 0 atom stereocenters. The van der Waals surface area contributed by atoms with E-state index in [4.69, 9.17) is 54.8 Å². The molecule has 16 heteroatoms. The fourth-order valence-electron chi connectivity index (χ4n) is 7.54. The van der Waals surface area contributed by atoms with E-state index in [1.807, 2.05) is 12.1 Å². The number of halogens is 4. The Morgan fingerprint density at radius 2 is 1.63 bits per heavy atom. The van der Waals surface area contributed by atoms with Gasteiger partial charge in [0.05, 0.1) is 21.1 Å². The molecule has 11 nitrogen and oxygen atoms in total. The summed E-state index contributed by atoms with van der Waals surface area (Å²) in [4.78, 5) is 28.1. The van der Waals surface area contributed by atoms with Crippen molar-refractivity contribution in [2.45, 2.75) is 56.5 Å². The number of nitrogens with two attached hydrogens (primary N) is 1. The number of allylic oxidation sites excluding steroid dienone is 1. The van der Waals surface area contributed by atoms with Gasteiger partial charge in [-0.3, -0.25) is 9.69 Å². The Balaban J connectivity index is 1.05. The highest BCUT2D eigenvalue weighted by Gasteiger charge is 2.36. The summed E-state index contributed by atoms with van der Waals surface area (Å²) in [6.07, 6.45) is 4.71. The van der Waals surface area contributed by atoms with Crippen LogP contribution in [-0.4, -0.2) is 86.9 Å². The monoisotopic (exact) mass is 885 g/mol. The van der Waals surface area contributed by atoms with E-state index in [-0.39, 0.29) is 80.4 Å². The molecule has 3 aromatic carbocycles. The molecular weight excluding hydrogens is 840 g/mol. The Morgan fingerprint density at radius 3 is 2.29 bits per heavy atom. The zero-order chi connectivity index (χ0) is 42.0. The molecule has 2 aliphatic heterocycles. The second-order valence-corrected chi connectivity index (χ2v) is 19.1. The number of aromatic nitrogens is 1. The van der Waals surface area contributed by atoms with Crippen molar-refractivity contribution in [1.82, 2.24) is 14.4 Å². The van der Waals surface area contributed by atoms with Crippen LogP contribution in [0, 0.1) is 5.41 Å². The molecule has 0 bridgehead atoms. The van der Waals surface area contributed by atoms with Crippen molar-refractivity contribution < 1.29 is 31.9 Å². The highest BCUT2D eigenvalue weighted by molar-refractivity contribution is 7.89. The van der Waals surface area contributed by atoms with Crippen molar-refractivity contribution in [3.05, 3.63) is 111 Å². The summed E-state index contributed by atoms with van der Waals surface area (Å²) in [7, 11) is -4.73. The normalized spacial score (nSPS) is 18.4. The number of carbonyl (C=O) groups is 1. The zero-order valence-electron chi connectivity index (χ0n) is 32.9. The van der Waals surface area contributed by atoms with Gasteiger partial charge in [-0.05, 0) is 90.4 Å². The average Bonchev–Trinajstić information content (AvgIpc) is 3.22. The molecule has 59 heavy (non-hydrogen) atoms. The predicted molar refractivity (Wildman–Crippen MR) is 230 cm³/mol. The Kier molecular flexibility index (Phi) is 13.0. The largest absolute Gasteiger partial charge is 0.489 e. The highest BCUT2D eigenvalue weighted by Crippen LogP contribution is 2.43. The first kappa shape index (κ1) is 43.0. The third kappa shape index (κ3) is 10.3. The Hall–Kier alpha value is -4.11. The standard InChI is InChI=1S/C43H47Cl3FN5O6S/c1-42(2)14-13-31(36(25-42)29-3-7-32(44)8-4-29)27-50-17-19-51(20-18-50)33-9-5-30(6-10-33)41(53)52(58-34-23-38(46)40(48)49-26-34)59(54,55)35-11-12-39(37(45)24-35)57-28-43(47)15-21-56-22-16-43/h3-12,23-24,26H,13-22,25,27-28H2,1-2H3,(H2,48,49). The van der Waals surface area contributed by atoms with Crippen LogP contribution in [0.25, 0.3) is 5.57 Å². The minimum atomic E-state index is -4.73. The van der Waals surface area contributed by atoms with Crippen LogP contribution in [0.1, 0.15) is 61.9 Å². The van der Waals surface area contributed by atoms with Crippen molar-refractivity contribution >= 4 is 67.8 Å². The number of piperazine rings is 1. The molecule has 1 amide bonds. The van der Waals surface area contributed by atoms with E-state index < -0.39 is 21.6 Å². The van der Waals surface area contributed by atoms with E-state index in [0.717, 1.165) is 75.0 Å². The van der Waals surface area contributed by atoms with Crippen LogP contribution in [0.15, 0.2) is 89.5 Å². The van der Waals surface area contributed by atoms with E-state index in [9.17, 15) is 13.2 Å². The molecule has 2 fully saturated rings. The fourth-order valence-corrected chi connectivity index (χ4v) is 9.33. The van der Waals surface area contributed by atoms with Gasteiger partial charge in [0, 0.05) is 81.1 Å². The summed E-state index contributed by atoms with van der Waals surface area (Å²) in [6, 6.07) is 19.7. The average molecular weight is 887 g/mol. The van der Waals surface area contributed by atoms with Crippen LogP contribution in [0.2, 0.25) is 15.1 Å². The molecule has 3 aliphatic rings. The summed E-state index contributed by atoms with van der Waals surface area (Å²) in [5, 5.41) is 0.630. The van der Waals surface area contributed by atoms with E-state index >= 15 is 4.39 Å². The molecule has 0 radical (unpaired) electrons. The Morgan fingerprint density at radius 1 is 0.932 bits per heavy atom. The van der Waals surface area contributed by atoms with E-state index in [1.165, 1.54) is 34.9 Å². The van der Waals surface area contributed by atoms with Crippen LogP contribution in [-0.2, 0) is 14.8 Å². The Labute approximate surface area is 359 Å². The number of benzene rings is 3.